The minimum absolute atomic E-state index is 0.106. The summed E-state index contributed by atoms with van der Waals surface area (Å²) in [7, 11) is -9.89. The number of unbranched alkanes of at least 4 members (excludes halogenated alkanes) is 37. The zero-order valence-corrected chi connectivity index (χ0v) is 58.1. The summed E-state index contributed by atoms with van der Waals surface area (Å²) in [6.45, 7) is 9.46. The van der Waals surface area contributed by atoms with Gasteiger partial charge in [0.2, 0.25) is 0 Å². The van der Waals surface area contributed by atoms with Crippen molar-refractivity contribution in [3.63, 3.8) is 0 Å². The summed E-state index contributed by atoms with van der Waals surface area (Å²) in [5.41, 5.74) is 0. The van der Waals surface area contributed by atoms with Crippen LogP contribution in [0.2, 0.25) is 0 Å². The fraction of sp³-hybridized carbons (Fsp3) is 0.941. The number of ether oxygens (including phenoxy) is 4. The van der Waals surface area contributed by atoms with Gasteiger partial charge < -0.3 is 33.8 Å². The average molecular weight is 1280 g/mol. The molecule has 19 heteroatoms. The van der Waals surface area contributed by atoms with Crippen molar-refractivity contribution in [2.24, 2.45) is 11.8 Å². The molecule has 0 bridgehead atoms. The summed E-state index contributed by atoms with van der Waals surface area (Å²) in [4.78, 5) is 72.4. The highest BCUT2D eigenvalue weighted by molar-refractivity contribution is 7.47. The van der Waals surface area contributed by atoms with Gasteiger partial charge in [0.25, 0.3) is 0 Å². The minimum Gasteiger partial charge on any atom is -0.462 e. The van der Waals surface area contributed by atoms with Crippen molar-refractivity contribution in [2.75, 3.05) is 39.6 Å². The van der Waals surface area contributed by atoms with Crippen molar-refractivity contribution in [3.05, 3.63) is 0 Å². The van der Waals surface area contributed by atoms with Crippen LogP contribution in [0.4, 0.5) is 0 Å². The molecule has 87 heavy (non-hydrogen) atoms. The minimum atomic E-state index is -4.95. The Morgan fingerprint density at radius 3 is 0.782 bits per heavy atom. The van der Waals surface area contributed by atoms with Crippen LogP contribution in [0.5, 0.6) is 0 Å². The lowest BCUT2D eigenvalue weighted by Gasteiger charge is -2.21. The van der Waals surface area contributed by atoms with Crippen LogP contribution in [0, 0.1) is 11.8 Å². The van der Waals surface area contributed by atoms with Crippen LogP contribution in [0.1, 0.15) is 343 Å². The van der Waals surface area contributed by atoms with Gasteiger partial charge in [0, 0.05) is 25.7 Å². The topological polar surface area (TPSA) is 237 Å². The number of carbonyl (C=O) groups is 4. The highest BCUT2D eigenvalue weighted by atomic mass is 31.2. The van der Waals surface area contributed by atoms with Gasteiger partial charge >= 0.3 is 39.5 Å². The van der Waals surface area contributed by atoms with E-state index in [0.29, 0.717) is 31.6 Å². The third-order valence-corrected chi connectivity index (χ3v) is 17.6. The number of phosphoric acid groups is 2. The van der Waals surface area contributed by atoms with Crippen molar-refractivity contribution in [2.45, 2.75) is 362 Å². The number of hydrogen-bond donors (Lipinski definition) is 3. The second-order valence-corrected chi connectivity index (χ2v) is 28.4. The first-order valence-electron chi connectivity index (χ1n) is 35.5. The molecule has 0 fully saturated rings. The second-order valence-electron chi connectivity index (χ2n) is 25.5. The second kappa shape index (κ2) is 60.3. The summed E-state index contributed by atoms with van der Waals surface area (Å²) in [6.07, 6.45) is 44.5. The van der Waals surface area contributed by atoms with E-state index in [1.54, 1.807) is 0 Å². The van der Waals surface area contributed by atoms with Crippen LogP contribution in [0.25, 0.3) is 0 Å². The van der Waals surface area contributed by atoms with Crippen LogP contribution >= 0.6 is 15.6 Å². The van der Waals surface area contributed by atoms with Crippen molar-refractivity contribution in [1.82, 2.24) is 0 Å². The van der Waals surface area contributed by atoms with Gasteiger partial charge in [-0.2, -0.15) is 0 Å². The van der Waals surface area contributed by atoms with Crippen LogP contribution in [0.15, 0.2) is 0 Å². The predicted octanol–water partition coefficient (Wildman–Crippen LogP) is 19.2. The van der Waals surface area contributed by atoms with Gasteiger partial charge in [-0.3, -0.25) is 37.3 Å². The standard InChI is InChI=1S/C68H132O17P2/c1-7-9-11-13-15-17-22-27-31-38-44-50-65(70)78-56-63(84-68(73)53-47-41-33-29-25-21-19-20-24-26-30-36-42-48-60(3)4)58-82-86(74,75)80-54-62(69)55-81-87(76,77)83-59-64(57-79-66(71)51-45-39-35-34-37-43-49-61(5)6)85-67(72)52-46-40-32-28-23-18-16-14-12-10-8-2/h60-64,69H,7-59H2,1-6H3,(H,74,75)(H,76,77)/t62-,63-,64-/m1/s1. The molecule has 0 aromatic heterocycles. The Hall–Kier alpha value is -1.94. The van der Waals surface area contributed by atoms with Crippen molar-refractivity contribution in [1.29, 1.82) is 0 Å². The molecule has 0 aliphatic rings. The molecule has 0 aliphatic heterocycles. The Balaban J connectivity index is 5.23. The molecule has 0 rings (SSSR count). The molecule has 0 heterocycles. The molecule has 0 radical (unpaired) electrons. The number of hydrogen-bond acceptors (Lipinski definition) is 15. The van der Waals surface area contributed by atoms with Crippen LogP contribution in [0.3, 0.4) is 0 Å². The number of phosphoric ester groups is 2. The van der Waals surface area contributed by atoms with Gasteiger partial charge in [-0.15, -0.1) is 0 Å². The molecule has 0 spiro atoms. The molecule has 0 aromatic rings. The van der Waals surface area contributed by atoms with E-state index in [1.807, 2.05) is 0 Å². The maximum atomic E-state index is 13.0. The molecule has 516 valence electrons. The van der Waals surface area contributed by atoms with E-state index in [1.165, 1.54) is 154 Å². The van der Waals surface area contributed by atoms with Gasteiger partial charge in [0.1, 0.15) is 19.3 Å². The van der Waals surface area contributed by atoms with Gasteiger partial charge in [0.15, 0.2) is 12.2 Å². The number of aliphatic hydroxyl groups is 1. The lowest BCUT2D eigenvalue weighted by Crippen LogP contribution is -2.30. The van der Waals surface area contributed by atoms with Crippen molar-refractivity contribution in [3.8, 4) is 0 Å². The summed E-state index contributed by atoms with van der Waals surface area (Å²) < 4.78 is 68.1. The van der Waals surface area contributed by atoms with E-state index in [2.05, 4.69) is 41.5 Å². The third-order valence-electron chi connectivity index (χ3n) is 15.7. The fourth-order valence-electron chi connectivity index (χ4n) is 10.2. The number of carbonyl (C=O) groups excluding carboxylic acids is 4. The maximum absolute atomic E-state index is 13.0. The first-order valence-corrected chi connectivity index (χ1v) is 38.5. The quantitative estimate of drug-likeness (QED) is 0.0222. The summed E-state index contributed by atoms with van der Waals surface area (Å²) in [6, 6.07) is 0. The van der Waals surface area contributed by atoms with Gasteiger partial charge in [-0.25, -0.2) is 9.13 Å². The normalized spacial score (nSPS) is 14.2. The number of rotatable bonds is 67. The summed E-state index contributed by atoms with van der Waals surface area (Å²) >= 11 is 0. The maximum Gasteiger partial charge on any atom is 0.472 e. The Bertz CT molecular complexity index is 1700. The Labute approximate surface area is 530 Å². The van der Waals surface area contributed by atoms with Gasteiger partial charge in [-0.1, -0.05) is 292 Å². The molecule has 0 saturated heterocycles. The Morgan fingerprint density at radius 2 is 0.529 bits per heavy atom. The van der Waals surface area contributed by atoms with E-state index < -0.39 is 97.5 Å². The average Bonchev–Trinajstić information content (AvgIpc) is 3.60. The monoisotopic (exact) mass is 1280 g/mol. The summed E-state index contributed by atoms with van der Waals surface area (Å²) in [5.74, 6) is -0.661. The molecule has 0 aromatic carbocycles. The highest BCUT2D eigenvalue weighted by Gasteiger charge is 2.30. The number of aliphatic hydroxyl groups excluding tert-OH is 1. The lowest BCUT2D eigenvalue weighted by molar-refractivity contribution is -0.161. The smallest absolute Gasteiger partial charge is 0.462 e. The van der Waals surface area contributed by atoms with E-state index in [4.69, 9.17) is 37.0 Å². The molecule has 0 aliphatic carbocycles. The van der Waals surface area contributed by atoms with Crippen LogP contribution in [-0.2, 0) is 65.4 Å². The largest absolute Gasteiger partial charge is 0.472 e. The molecule has 17 nitrogen and oxygen atoms in total. The van der Waals surface area contributed by atoms with E-state index in [0.717, 1.165) is 102 Å². The van der Waals surface area contributed by atoms with Gasteiger partial charge in [0.05, 0.1) is 26.4 Å². The highest BCUT2D eigenvalue weighted by Crippen LogP contribution is 2.45. The van der Waals surface area contributed by atoms with E-state index >= 15 is 0 Å². The zero-order valence-electron chi connectivity index (χ0n) is 56.3. The van der Waals surface area contributed by atoms with E-state index in [-0.39, 0.29) is 25.7 Å². The van der Waals surface area contributed by atoms with Crippen molar-refractivity contribution < 1.29 is 80.2 Å². The third kappa shape index (κ3) is 62.6. The predicted molar refractivity (Wildman–Crippen MR) is 349 cm³/mol. The molecule has 3 N–H and O–H groups in total. The first-order chi connectivity index (χ1) is 41.9. The molecule has 2 unspecified atom stereocenters. The van der Waals surface area contributed by atoms with E-state index in [9.17, 15) is 43.2 Å². The zero-order chi connectivity index (χ0) is 64.3. The van der Waals surface area contributed by atoms with Crippen molar-refractivity contribution >= 4 is 39.5 Å². The number of esters is 4. The van der Waals surface area contributed by atoms with Crippen LogP contribution in [-0.4, -0.2) is 96.7 Å². The Kier molecular flexibility index (Phi) is 59.0. The molecular weight excluding hydrogens is 1150 g/mol. The lowest BCUT2D eigenvalue weighted by atomic mass is 10.0. The molecule has 0 saturated carbocycles. The SMILES string of the molecule is CCCCCCCCCCCCCC(=O)OC[C@H](COP(=O)(O)OC[C@@H](O)COP(=O)(O)OC[C@@H](COC(=O)CCCCCCCCC(C)C)OC(=O)CCCCCCCCCCCCC)OC(=O)CCCCCCCCCCCCCCCC(C)C. The molecular formula is C68H132O17P2. The summed E-state index contributed by atoms with van der Waals surface area (Å²) in [5, 5.41) is 10.6. The first kappa shape index (κ1) is 85.1. The molecule has 5 atom stereocenters. The Morgan fingerprint density at radius 1 is 0.310 bits per heavy atom. The molecule has 0 amide bonds. The van der Waals surface area contributed by atoms with Crippen LogP contribution < -0.4 is 0 Å². The fourth-order valence-corrected chi connectivity index (χ4v) is 11.8. The van der Waals surface area contributed by atoms with Gasteiger partial charge in [-0.05, 0) is 37.5 Å².